The van der Waals surface area contributed by atoms with Gasteiger partial charge in [0.25, 0.3) is 0 Å². The van der Waals surface area contributed by atoms with E-state index in [1.807, 2.05) is 13.8 Å². The van der Waals surface area contributed by atoms with Crippen molar-refractivity contribution in [3.05, 3.63) is 0 Å². The highest BCUT2D eigenvalue weighted by molar-refractivity contribution is 5.75. The monoisotopic (exact) mass is 246 g/mol. The van der Waals surface area contributed by atoms with Gasteiger partial charge >= 0.3 is 12.0 Å². The van der Waals surface area contributed by atoms with Crippen LogP contribution in [0.25, 0.3) is 0 Å². The van der Waals surface area contributed by atoms with Crippen molar-refractivity contribution in [2.24, 2.45) is 0 Å². The van der Waals surface area contributed by atoms with Crippen molar-refractivity contribution in [3.8, 4) is 0 Å². The third kappa shape index (κ3) is 6.78. The number of aliphatic hydroxyl groups is 1. The Labute approximate surface area is 102 Å². The number of hydrogen-bond acceptors (Lipinski definition) is 3. The highest BCUT2D eigenvalue weighted by Crippen LogP contribution is 2.00. The SMILES string of the molecule is CCC(CC(=O)O)NC(=O)N(CC)CCCO. The normalized spacial score (nSPS) is 11.9. The average Bonchev–Trinajstić information content (AvgIpc) is 2.28. The second-order valence-corrected chi connectivity index (χ2v) is 3.81. The van der Waals surface area contributed by atoms with Gasteiger partial charge in [-0.15, -0.1) is 0 Å². The Balaban J connectivity index is 4.21. The van der Waals surface area contributed by atoms with E-state index in [2.05, 4.69) is 5.32 Å². The molecule has 0 aromatic carbocycles. The summed E-state index contributed by atoms with van der Waals surface area (Å²) < 4.78 is 0. The molecule has 0 aliphatic carbocycles. The molecule has 0 aromatic heterocycles. The maximum atomic E-state index is 11.8. The van der Waals surface area contributed by atoms with Crippen LogP contribution in [-0.4, -0.2) is 52.9 Å². The molecule has 1 atom stereocenters. The number of aliphatic carboxylic acids is 1. The second-order valence-electron chi connectivity index (χ2n) is 3.81. The first kappa shape index (κ1) is 15.7. The highest BCUT2D eigenvalue weighted by atomic mass is 16.4. The van der Waals surface area contributed by atoms with E-state index >= 15 is 0 Å². The van der Waals surface area contributed by atoms with Gasteiger partial charge in [0.2, 0.25) is 0 Å². The van der Waals surface area contributed by atoms with E-state index in [-0.39, 0.29) is 25.1 Å². The molecule has 0 rings (SSSR count). The predicted octanol–water partition coefficient (Wildman–Crippen LogP) is 0.654. The first-order valence-corrected chi connectivity index (χ1v) is 5.93. The molecule has 6 nitrogen and oxygen atoms in total. The Morgan fingerprint density at radius 2 is 2.00 bits per heavy atom. The summed E-state index contributed by atoms with van der Waals surface area (Å²) in [6, 6.07) is -0.614. The molecule has 0 saturated carbocycles. The van der Waals surface area contributed by atoms with Crippen LogP contribution in [0, 0.1) is 0 Å². The van der Waals surface area contributed by atoms with Crippen LogP contribution < -0.4 is 5.32 Å². The van der Waals surface area contributed by atoms with Gasteiger partial charge in [0.15, 0.2) is 0 Å². The summed E-state index contributed by atoms with van der Waals surface area (Å²) in [5, 5.41) is 20.1. The Morgan fingerprint density at radius 1 is 1.35 bits per heavy atom. The summed E-state index contributed by atoms with van der Waals surface area (Å²) >= 11 is 0. The van der Waals surface area contributed by atoms with Crippen LogP contribution in [0.4, 0.5) is 4.79 Å². The fourth-order valence-corrected chi connectivity index (χ4v) is 1.44. The van der Waals surface area contributed by atoms with Crippen LogP contribution in [0.3, 0.4) is 0 Å². The number of hydrogen-bond donors (Lipinski definition) is 3. The average molecular weight is 246 g/mol. The van der Waals surface area contributed by atoms with Crippen molar-refractivity contribution in [2.45, 2.75) is 39.2 Å². The summed E-state index contributed by atoms with van der Waals surface area (Å²) in [4.78, 5) is 23.9. The lowest BCUT2D eigenvalue weighted by Gasteiger charge is -2.24. The summed E-state index contributed by atoms with van der Waals surface area (Å²) in [5.74, 6) is -0.921. The minimum atomic E-state index is -0.921. The van der Waals surface area contributed by atoms with E-state index in [1.165, 1.54) is 0 Å². The van der Waals surface area contributed by atoms with Crippen molar-refractivity contribution in [3.63, 3.8) is 0 Å². The van der Waals surface area contributed by atoms with E-state index in [1.54, 1.807) is 4.90 Å². The fourth-order valence-electron chi connectivity index (χ4n) is 1.44. The predicted molar refractivity (Wildman–Crippen MR) is 63.8 cm³/mol. The van der Waals surface area contributed by atoms with Gasteiger partial charge in [0.1, 0.15) is 0 Å². The number of carboxylic acids is 1. The molecule has 0 bridgehead atoms. The molecular formula is C11H22N2O4. The third-order valence-electron chi connectivity index (χ3n) is 2.50. The number of aliphatic hydroxyl groups excluding tert-OH is 1. The molecule has 0 heterocycles. The van der Waals surface area contributed by atoms with Gasteiger partial charge in [-0.3, -0.25) is 4.79 Å². The van der Waals surface area contributed by atoms with Crippen molar-refractivity contribution in [1.82, 2.24) is 10.2 Å². The van der Waals surface area contributed by atoms with Gasteiger partial charge in [0, 0.05) is 25.7 Å². The fraction of sp³-hybridized carbons (Fsp3) is 0.818. The van der Waals surface area contributed by atoms with Crippen LogP contribution in [-0.2, 0) is 4.79 Å². The first-order valence-electron chi connectivity index (χ1n) is 5.93. The molecular weight excluding hydrogens is 224 g/mol. The standard InChI is InChI=1S/C11H22N2O4/c1-3-9(8-10(15)16)12-11(17)13(4-2)6-5-7-14/h9,14H,3-8H2,1-2H3,(H,12,17)(H,15,16). The topological polar surface area (TPSA) is 89.9 Å². The molecule has 100 valence electrons. The molecule has 0 radical (unpaired) electrons. The molecule has 0 aliphatic rings. The molecule has 0 aromatic rings. The lowest BCUT2D eigenvalue weighted by Crippen LogP contribution is -2.45. The zero-order valence-corrected chi connectivity index (χ0v) is 10.5. The van der Waals surface area contributed by atoms with Crippen LogP contribution in [0.2, 0.25) is 0 Å². The maximum Gasteiger partial charge on any atom is 0.317 e. The number of nitrogens with one attached hydrogen (secondary N) is 1. The Morgan fingerprint density at radius 3 is 2.41 bits per heavy atom. The summed E-state index contributed by atoms with van der Waals surface area (Å²) in [6.45, 7) is 4.72. The van der Waals surface area contributed by atoms with Crippen LogP contribution in [0.15, 0.2) is 0 Å². The molecule has 17 heavy (non-hydrogen) atoms. The Kier molecular flexibility index (Phi) is 8.13. The van der Waals surface area contributed by atoms with Gasteiger partial charge in [-0.2, -0.15) is 0 Å². The molecule has 1 unspecified atom stereocenters. The van der Waals surface area contributed by atoms with E-state index in [4.69, 9.17) is 10.2 Å². The smallest absolute Gasteiger partial charge is 0.317 e. The Bertz CT molecular complexity index is 246. The largest absolute Gasteiger partial charge is 0.481 e. The van der Waals surface area contributed by atoms with Gasteiger partial charge in [-0.1, -0.05) is 6.92 Å². The van der Waals surface area contributed by atoms with Crippen LogP contribution in [0.5, 0.6) is 0 Å². The first-order chi connectivity index (χ1) is 8.04. The zero-order chi connectivity index (χ0) is 13.3. The molecule has 0 spiro atoms. The van der Waals surface area contributed by atoms with Gasteiger partial charge in [-0.25, -0.2) is 4.79 Å². The summed E-state index contributed by atoms with van der Waals surface area (Å²) in [6.07, 6.45) is 1.03. The Hall–Kier alpha value is -1.30. The summed E-state index contributed by atoms with van der Waals surface area (Å²) in [5.41, 5.74) is 0. The van der Waals surface area contributed by atoms with Crippen LogP contribution in [0.1, 0.15) is 33.1 Å². The van der Waals surface area contributed by atoms with E-state index < -0.39 is 5.97 Å². The van der Waals surface area contributed by atoms with E-state index in [0.29, 0.717) is 25.9 Å². The minimum absolute atomic E-state index is 0.0378. The number of carbonyl (C=O) groups is 2. The number of carbonyl (C=O) groups excluding carboxylic acids is 1. The second kappa shape index (κ2) is 8.81. The molecule has 0 aliphatic heterocycles. The quantitative estimate of drug-likeness (QED) is 0.586. The molecule has 2 amide bonds. The zero-order valence-electron chi connectivity index (χ0n) is 10.5. The van der Waals surface area contributed by atoms with E-state index in [0.717, 1.165) is 0 Å². The van der Waals surface area contributed by atoms with Crippen molar-refractivity contribution in [2.75, 3.05) is 19.7 Å². The van der Waals surface area contributed by atoms with E-state index in [9.17, 15) is 9.59 Å². The van der Waals surface area contributed by atoms with Gasteiger partial charge < -0.3 is 20.4 Å². The lowest BCUT2D eigenvalue weighted by atomic mass is 10.1. The maximum absolute atomic E-state index is 11.8. The highest BCUT2D eigenvalue weighted by Gasteiger charge is 2.17. The molecule has 0 saturated heterocycles. The summed E-state index contributed by atoms with van der Waals surface area (Å²) in [7, 11) is 0. The van der Waals surface area contributed by atoms with Crippen molar-refractivity contribution in [1.29, 1.82) is 0 Å². The van der Waals surface area contributed by atoms with Gasteiger partial charge in [-0.05, 0) is 19.8 Å². The van der Waals surface area contributed by atoms with Crippen molar-refractivity contribution < 1.29 is 19.8 Å². The minimum Gasteiger partial charge on any atom is -0.481 e. The number of nitrogens with zero attached hydrogens (tertiary/aromatic N) is 1. The molecule has 6 heteroatoms. The third-order valence-corrected chi connectivity index (χ3v) is 2.50. The molecule has 0 fully saturated rings. The number of amides is 2. The van der Waals surface area contributed by atoms with Gasteiger partial charge in [0.05, 0.1) is 6.42 Å². The number of urea groups is 1. The number of rotatable bonds is 8. The number of carboxylic acid groups (broad SMARTS) is 1. The molecule has 3 N–H and O–H groups in total. The lowest BCUT2D eigenvalue weighted by molar-refractivity contribution is -0.137. The van der Waals surface area contributed by atoms with Crippen LogP contribution >= 0.6 is 0 Å². The van der Waals surface area contributed by atoms with Crippen molar-refractivity contribution >= 4 is 12.0 Å².